The molecule has 0 amide bonds. The maximum Gasteiger partial charge on any atom is 0.0626 e. The molecule has 0 aromatic carbocycles. The van der Waals surface area contributed by atoms with Gasteiger partial charge in [-0.05, 0) is 6.08 Å². The van der Waals surface area contributed by atoms with Crippen LogP contribution in [-0.4, -0.2) is 36.8 Å². The van der Waals surface area contributed by atoms with Crippen LogP contribution in [0, 0.1) is 5.41 Å². The van der Waals surface area contributed by atoms with E-state index in [-0.39, 0.29) is 0 Å². The molecule has 2 N–H and O–H groups in total. The van der Waals surface area contributed by atoms with E-state index in [0.29, 0.717) is 5.71 Å². The fourth-order valence-electron chi connectivity index (χ4n) is 1.62. The van der Waals surface area contributed by atoms with E-state index < -0.39 is 0 Å². The maximum atomic E-state index is 7.72. The molecule has 1 fully saturated rings. The van der Waals surface area contributed by atoms with Crippen molar-refractivity contribution in [1.82, 2.24) is 10.2 Å². The molecule has 1 aliphatic heterocycles. The van der Waals surface area contributed by atoms with Gasteiger partial charge in [0.2, 0.25) is 0 Å². The minimum absolute atomic E-state index is 0.603. The van der Waals surface area contributed by atoms with E-state index >= 15 is 0 Å². The van der Waals surface area contributed by atoms with Gasteiger partial charge in [-0.2, -0.15) is 0 Å². The van der Waals surface area contributed by atoms with E-state index in [2.05, 4.69) is 16.4 Å². The van der Waals surface area contributed by atoms with Crippen LogP contribution in [0.1, 0.15) is 0 Å². The minimum atomic E-state index is 0.603. The smallest absolute Gasteiger partial charge is 0.0626 e. The van der Waals surface area contributed by atoms with Gasteiger partial charge >= 0.3 is 0 Å². The number of allylic oxidation sites excluding steroid dienone is 5. The fourth-order valence-corrected chi connectivity index (χ4v) is 1.62. The molecule has 1 heterocycles. The Labute approximate surface area is 84.3 Å². The number of rotatable bonds is 1. The van der Waals surface area contributed by atoms with Crippen LogP contribution in [0.4, 0.5) is 0 Å². The van der Waals surface area contributed by atoms with Gasteiger partial charge in [0.15, 0.2) is 0 Å². The predicted octanol–water partition coefficient (Wildman–Crippen LogP) is 0.921. The Bertz CT molecular complexity index is 306. The van der Waals surface area contributed by atoms with Crippen molar-refractivity contribution in [2.24, 2.45) is 0 Å². The van der Waals surface area contributed by atoms with Crippen LogP contribution in [0.15, 0.2) is 36.1 Å². The predicted molar refractivity (Wildman–Crippen MR) is 58.5 cm³/mol. The summed E-state index contributed by atoms with van der Waals surface area (Å²) in [5.74, 6) is 0. The van der Waals surface area contributed by atoms with Gasteiger partial charge in [-0.15, -0.1) is 0 Å². The molecule has 0 saturated carbocycles. The number of nitrogens with one attached hydrogen (secondary N) is 2. The molecule has 3 heteroatoms. The van der Waals surface area contributed by atoms with Crippen LogP contribution in [0.2, 0.25) is 0 Å². The third-order valence-electron chi connectivity index (χ3n) is 2.43. The van der Waals surface area contributed by atoms with Crippen LogP contribution in [0.3, 0.4) is 0 Å². The van der Waals surface area contributed by atoms with E-state index in [1.54, 1.807) is 0 Å². The maximum absolute atomic E-state index is 7.72. The highest BCUT2D eigenvalue weighted by Crippen LogP contribution is 2.08. The van der Waals surface area contributed by atoms with E-state index in [0.717, 1.165) is 31.8 Å². The second-order valence-corrected chi connectivity index (χ2v) is 3.50. The summed E-state index contributed by atoms with van der Waals surface area (Å²) in [5.41, 5.74) is 1.61. The molecule has 1 aliphatic carbocycles. The molecule has 1 saturated heterocycles. The van der Waals surface area contributed by atoms with Crippen molar-refractivity contribution in [3.05, 3.63) is 36.1 Å². The third kappa shape index (κ3) is 2.12. The monoisotopic (exact) mass is 189 g/mol. The van der Waals surface area contributed by atoms with Gasteiger partial charge in [-0.25, -0.2) is 0 Å². The molecule has 0 radical (unpaired) electrons. The Morgan fingerprint density at radius 2 is 1.93 bits per heavy atom. The van der Waals surface area contributed by atoms with E-state index in [9.17, 15) is 0 Å². The largest absolute Gasteiger partial charge is 0.374 e. The Hall–Kier alpha value is -1.35. The van der Waals surface area contributed by atoms with E-state index in [4.69, 9.17) is 5.41 Å². The average molecular weight is 189 g/mol. The summed E-state index contributed by atoms with van der Waals surface area (Å²) >= 11 is 0. The number of hydrogen-bond donors (Lipinski definition) is 2. The van der Waals surface area contributed by atoms with Gasteiger partial charge in [0.25, 0.3) is 0 Å². The standard InChI is InChI=1S/C11H15N3/c12-11-4-2-1-3-10(11)9-14-7-5-13-6-8-14/h1-4,9,12-13H,5-8H2/b10-9+,12-11?. The lowest BCUT2D eigenvalue weighted by Crippen LogP contribution is -2.40. The highest BCUT2D eigenvalue weighted by Gasteiger charge is 2.08. The molecular formula is C11H15N3. The molecular weight excluding hydrogens is 174 g/mol. The molecule has 0 atom stereocenters. The molecule has 0 spiro atoms. The molecule has 0 aromatic heterocycles. The van der Waals surface area contributed by atoms with Crippen LogP contribution in [-0.2, 0) is 0 Å². The van der Waals surface area contributed by atoms with Crippen LogP contribution < -0.4 is 5.32 Å². The summed E-state index contributed by atoms with van der Waals surface area (Å²) in [4.78, 5) is 2.27. The second kappa shape index (κ2) is 4.24. The topological polar surface area (TPSA) is 39.1 Å². The first-order valence-corrected chi connectivity index (χ1v) is 4.96. The zero-order valence-electron chi connectivity index (χ0n) is 8.16. The molecule has 0 unspecified atom stereocenters. The zero-order valence-corrected chi connectivity index (χ0v) is 8.16. The molecule has 3 nitrogen and oxygen atoms in total. The Kier molecular flexibility index (Phi) is 2.79. The highest BCUT2D eigenvalue weighted by molar-refractivity contribution is 6.09. The van der Waals surface area contributed by atoms with Gasteiger partial charge in [0, 0.05) is 38.0 Å². The zero-order chi connectivity index (χ0) is 9.80. The first-order chi connectivity index (χ1) is 6.86. The molecule has 14 heavy (non-hydrogen) atoms. The summed E-state index contributed by atoms with van der Waals surface area (Å²) in [7, 11) is 0. The van der Waals surface area contributed by atoms with Crippen LogP contribution >= 0.6 is 0 Å². The molecule has 74 valence electrons. The molecule has 0 aromatic rings. The van der Waals surface area contributed by atoms with E-state index in [1.807, 2.05) is 24.3 Å². The lowest BCUT2D eigenvalue weighted by Gasteiger charge is -2.26. The number of hydrogen-bond acceptors (Lipinski definition) is 3. The first-order valence-electron chi connectivity index (χ1n) is 4.96. The Balaban J connectivity index is 2.05. The summed E-state index contributed by atoms with van der Waals surface area (Å²) in [6.45, 7) is 4.15. The third-order valence-corrected chi connectivity index (χ3v) is 2.43. The summed E-state index contributed by atoms with van der Waals surface area (Å²) in [5, 5.41) is 11.0. The summed E-state index contributed by atoms with van der Waals surface area (Å²) < 4.78 is 0. The lowest BCUT2D eigenvalue weighted by molar-refractivity contribution is 0.323. The van der Waals surface area contributed by atoms with Crippen molar-refractivity contribution >= 4 is 5.71 Å². The molecule has 0 bridgehead atoms. The quantitative estimate of drug-likeness (QED) is 0.644. The van der Waals surface area contributed by atoms with Crippen LogP contribution in [0.5, 0.6) is 0 Å². The normalized spacial score (nSPS) is 24.7. The Morgan fingerprint density at radius 3 is 2.64 bits per heavy atom. The molecule has 2 aliphatic rings. The van der Waals surface area contributed by atoms with Crippen molar-refractivity contribution in [2.75, 3.05) is 26.2 Å². The number of piperazine rings is 1. The van der Waals surface area contributed by atoms with E-state index in [1.165, 1.54) is 0 Å². The van der Waals surface area contributed by atoms with Crippen LogP contribution in [0.25, 0.3) is 0 Å². The first kappa shape index (κ1) is 9.21. The van der Waals surface area contributed by atoms with Gasteiger partial charge < -0.3 is 15.6 Å². The van der Waals surface area contributed by atoms with Crippen molar-refractivity contribution in [2.45, 2.75) is 0 Å². The van der Waals surface area contributed by atoms with Crippen molar-refractivity contribution in [3.8, 4) is 0 Å². The van der Waals surface area contributed by atoms with Gasteiger partial charge in [-0.3, -0.25) is 0 Å². The fraction of sp³-hybridized carbons (Fsp3) is 0.364. The highest BCUT2D eigenvalue weighted by atomic mass is 15.2. The lowest BCUT2D eigenvalue weighted by atomic mass is 10.1. The Morgan fingerprint density at radius 1 is 1.21 bits per heavy atom. The summed E-state index contributed by atoms with van der Waals surface area (Å²) in [6, 6.07) is 0. The minimum Gasteiger partial charge on any atom is -0.374 e. The van der Waals surface area contributed by atoms with Crippen molar-refractivity contribution in [1.29, 1.82) is 5.41 Å². The second-order valence-electron chi connectivity index (χ2n) is 3.50. The van der Waals surface area contributed by atoms with Gasteiger partial charge in [0.05, 0.1) is 5.71 Å². The van der Waals surface area contributed by atoms with Crippen molar-refractivity contribution in [3.63, 3.8) is 0 Å². The van der Waals surface area contributed by atoms with Crippen molar-refractivity contribution < 1.29 is 0 Å². The average Bonchev–Trinajstić information content (AvgIpc) is 2.23. The van der Waals surface area contributed by atoms with Gasteiger partial charge in [-0.1, -0.05) is 18.2 Å². The number of nitrogens with zero attached hydrogens (tertiary/aromatic N) is 1. The summed E-state index contributed by atoms with van der Waals surface area (Å²) in [6.07, 6.45) is 9.78. The SMILES string of the molecule is N=C1C=CC=C/C1=C\N1CCNCC1. The molecule has 2 rings (SSSR count). The van der Waals surface area contributed by atoms with Gasteiger partial charge in [0.1, 0.15) is 0 Å².